The van der Waals surface area contributed by atoms with Gasteiger partial charge in [-0.1, -0.05) is 5.92 Å². The van der Waals surface area contributed by atoms with Gasteiger partial charge in [0.2, 0.25) is 0 Å². The molecule has 2 nitrogen and oxygen atoms in total. The Kier molecular flexibility index (Phi) is 4.46. The van der Waals surface area contributed by atoms with Gasteiger partial charge in [-0.15, -0.1) is 6.42 Å². The van der Waals surface area contributed by atoms with Crippen LogP contribution >= 0.6 is 0 Å². The van der Waals surface area contributed by atoms with Crippen molar-refractivity contribution in [2.75, 3.05) is 13.1 Å². The highest BCUT2D eigenvalue weighted by atomic mass is 15.0. The van der Waals surface area contributed by atoms with Crippen LogP contribution in [0, 0.1) is 12.3 Å². The van der Waals surface area contributed by atoms with Crippen LogP contribution < -0.4 is 10.6 Å². The third-order valence-electron chi connectivity index (χ3n) is 1.71. The van der Waals surface area contributed by atoms with Crippen molar-refractivity contribution in [3.05, 3.63) is 0 Å². The number of hydrogen-bond donors (Lipinski definition) is 2. The first-order valence-corrected chi connectivity index (χ1v) is 4.75. The van der Waals surface area contributed by atoms with Gasteiger partial charge < -0.3 is 10.6 Å². The molecule has 0 bridgehead atoms. The minimum absolute atomic E-state index is 0.183. The molecule has 0 fully saturated rings. The molecule has 0 aromatic rings. The molecule has 0 spiro atoms. The van der Waals surface area contributed by atoms with Gasteiger partial charge in [-0.25, -0.2) is 0 Å². The molecule has 0 radical (unpaired) electrons. The molecule has 2 N–H and O–H groups in total. The smallest absolute Gasteiger partial charge is 0.0741 e. The van der Waals surface area contributed by atoms with Gasteiger partial charge >= 0.3 is 0 Å². The molecule has 0 aliphatic carbocycles. The molecule has 0 unspecified atom stereocenters. The van der Waals surface area contributed by atoms with Crippen LogP contribution in [0.1, 0.15) is 34.6 Å². The van der Waals surface area contributed by atoms with Crippen molar-refractivity contribution in [3.63, 3.8) is 0 Å². The van der Waals surface area contributed by atoms with Gasteiger partial charge in [0.05, 0.1) is 5.54 Å². The van der Waals surface area contributed by atoms with Crippen LogP contribution in [0.3, 0.4) is 0 Å². The lowest BCUT2D eigenvalue weighted by Crippen LogP contribution is -2.45. The van der Waals surface area contributed by atoms with E-state index >= 15 is 0 Å². The summed E-state index contributed by atoms with van der Waals surface area (Å²) in [6.07, 6.45) is 5.34. The Hall–Kier alpha value is -0.520. The molecule has 13 heavy (non-hydrogen) atoms. The highest BCUT2D eigenvalue weighted by molar-refractivity contribution is 5.07. The maximum Gasteiger partial charge on any atom is 0.0741 e. The average molecular weight is 182 g/mol. The topological polar surface area (TPSA) is 24.1 Å². The highest BCUT2D eigenvalue weighted by Gasteiger charge is 2.12. The van der Waals surface area contributed by atoms with Crippen molar-refractivity contribution in [1.82, 2.24) is 10.6 Å². The Morgan fingerprint density at radius 3 is 1.85 bits per heavy atom. The molecule has 0 saturated carbocycles. The first kappa shape index (κ1) is 12.5. The average Bonchev–Trinajstić information content (AvgIpc) is 1.97. The van der Waals surface area contributed by atoms with E-state index in [1.165, 1.54) is 0 Å². The van der Waals surface area contributed by atoms with E-state index in [1.54, 1.807) is 0 Å². The quantitative estimate of drug-likeness (QED) is 0.507. The third-order valence-corrected chi connectivity index (χ3v) is 1.71. The predicted octanol–water partition coefficient (Wildman–Crippen LogP) is 1.38. The van der Waals surface area contributed by atoms with Crippen molar-refractivity contribution < 1.29 is 0 Å². The van der Waals surface area contributed by atoms with E-state index in [0.29, 0.717) is 0 Å². The van der Waals surface area contributed by atoms with Gasteiger partial charge in [-0.2, -0.15) is 0 Å². The third kappa shape index (κ3) is 7.83. The zero-order valence-corrected chi connectivity index (χ0v) is 9.49. The van der Waals surface area contributed by atoms with Crippen LogP contribution in [0.5, 0.6) is 0 Å². The molecule has 0 aliphatic heterocycles. The van der Waals surface area contributed by atoms with E-state index in [0.717, 1.165) is 13.1 Å². The van der Waals surface area contributed by atoms with Gasteiger partial charge in [-0.3, -0.25) is 0 Å². The van der Waals surface area contributed by atoms with Crippen molar-refractivity contribution in [2.45, 2.75) is 45.7 Å². The first-order chi connectivity index (χ1) is 5.77. The van der Waals surface area contributed by atoms with Gasteiger partial charge in [0, 0.05) is 18.6 Å². The molecule has 0 aromatic heterocycles. The van der Waals surface area contributed by atoms with E-state index < -0.39 is 0 Å². The Labute approximate surface area is 82.5 Å². The van der Waals surface area contributed by atoms with Gasteiger partial charge in [0.25, 0.3) is 0 Å². The highest BCUT2D eigenvalue weighted by Crippen LogP contribution is 1.99. The molecule has 0 atom stereocenters. The fourth-order valence-corrected chi connectivity index (χ4v) is 0.864. The summed E-state index contributed by atoms with van der Waals surface area (Å²) in [5, 5.41) is 6.67. The Balaban J connectivity index is 3.54. The lowest BCUT2D eigenvalue weighted by atomic mass is 10.1. The normalized spacial score (nSPS) is 12.6. The summed E-state index contributed by atoms with van der Waals surface area (Å²) in [6.45, 7) is 12.3. The molecule has 0 saturated heterocycles. The fraction of sp³-hybridized carbons (Fsp3) is 0.818. The molecule has 76 valence electrons. The summed E-state index contributed by atoms with van der Waals surface area (Å²) in [5.74, 6) is 2.70. The van der Waals surface area contributed by atoms with Crippen LogP contribution in [0.15, 0.2) is 0 Å². The largest absolute Gasteiger partial charge is 0.311 e. The van der Waals surface area contributed by atoms with E-state index in [9.17, 15) is 0 Å². The van der Waals surface area contributed by atoms with Crippen LogP contribution in [0.2, 0.25) is 0 Å². The Bertz CT molecular complexity index is 181. The SMILES string of the molecule is C#CC(C)(C)NCCNC(C)(C)C. The van der Waals surface area contributed by atoms with Gasteiger partial charge in [0.15, 0.2) is 0 Å². The molecule has 0 amide bonds. The van der Waals surface area contributed by atoms with Crippen molar-refractivity contribution in [2.24, 2.45) is 0 Å². The number of terminal acetylenes is 1. The molecule has 0 aliphatic rings. The van der Waals surface area contributed by atoms with E-state index in [1.807, 2.05) is 13.8 Å². The summed E-state index contributed by atoms with van der Waals surface area (Å²) >= 11 is 0. The minimum atomic E-state index is -0.195. The second-order valence-electron chi connectivity index (χ2n) is 4.87. The number of nitrogens with one attached hydrogen (secondary N) is 2. The van der Waals surface area contributed by atoms with E-state index in [2.05, 4.69) is 37.3 Å². The molecule has 0 heterocycles. The zero-order valence-electron chi connectivity index (χ0n) is 9.49. The van der Waals surface area contributed by atoms with E-state index in [-0.39, 0.29) is 11.1 Å². The maximum absolute atomic E-state index is 5.34. The molecule has 2 heteroatoms. The second-order valence-corrected chi connectivity index (χ2v) is 4.87. The van der Waals surface area contributed by atoms with Crippen LogP contribution in [0.25, 0.3) is 0 Å². The summed E-state index contributed by atoms with van der Waals surface area (Å²) in [4.78, 5) is 0. The second kappa shape index (κ2) is 4.64. The summed E-state index contributed by atoms with van der Waals surface area (Å²) in [5.41, 5.74) is -0.0124. The van der Waals surface area contributed by atoms with Crippen LogP contribution in [-0.2, 0) is 0 Å². The van der Waals surface area contributed by atoms with Crippen LogP contribution in [0.4, 0.5) is 0 Å². The molecule has 0 rings (SSSR count). The molecular weight excluding hydrogens is 160 g/mol. The van der Waals surface area contributed by atoms with Crippen LogP contribution in [-0.4, -0.2) is 24.2 Å². The Morgan fingerprint density at radius 1 is 1.00 bits per heavy atom. The van der Waals surface area contributed by atoms with Crippen molar-refractivity contribution >= 4 is 0 Å². The zero-order chi connectivity index (χ0) is 10.5. The molecular formula is C11H22N2. The maximum atomic E-state index is 5.34. The lowest BCUT2D eigenvalue weighted by molar-refractivity contribution is 0.402. The predicted molar refractivity (Wildman–Crippen MR) is 58.7 cm³/mol. The lowest BCUT2D eigenvalue weighted by Gasteiger charge is -2.24. The van der Waals surface area contributed by atoms with Crippen molar-refractivity contribution in [3.8, 4) is 12.3 Å². The summed E-state index contributed by atoms with van der Waals surface area (Å²) in [7, 11) is 0. The van der Waals surface area contributed by atoms with E-state index in [4.69, 9.17) is 6.42 Å². The summed E-state index contributed by atoms with van der Waals surface area (Å²) < 4.78 is 0. The fourth-order valence-electron chi connectivity index (χ4n) is 0.864. The Morgan fingerprint density at radius 2 is 1.46 bits per heavy atom. The summed E-state index contributed by atoms with van der Waals surface area (Å²) in [6, 6.07) is 0. The van der Waals surface area contributed by atoms with Crippen molar-refractivity contribution in [1.29, 1.82) is 0 Å². The number of hydrogen-bond acceptors (Lipinski definition) is 2. The monoisotopic (exact) mass is 182 g/mol. The van der Waals surface area contributed by atoms with Gasteiger partial charge in [0.1, 0.15) is 0 Å². The molecule has 0 aromatic carbocycles. The first-order valence-electron chi connectivity index (χ1n) is 4.75. The number of rotatable bonds is 4. The standard InChI is InChI=1S/C11H22N2/c1-7-11(5,6)13-9-8-12-10(2,3)4/h1,12-13H,8-9H2,2-6H3. The van der Waals surface area contributed by atoms with Gasteiger partial charge in [-0.05, 0) is 34.6 Å². The minimum Gasteiger partial charge on any atom is -0.311 e.